The van der Waals surface area contributed by atoms with Crippen molar-refractivity contribution in [3.05, 3.63) is 81.6 Å². The Labute approximate surface area is 198 Å². The molecule has 0 bridgehead atoms. The average Bonchev–Trinajstić information content (AvgIpc) is 3.24. The molecule has 2 aromatic carbocycles. The summed E-state index contributed by atoms with van der Waals surface area (Å²) in [5, 5.41) is 1.81. The lowest BCUT2D eigenvalue weighted by molar-refractivity contribution is 0.0643. The molecule has 33 heavy (non-hydrogen) atoms. The van der Waals surface area contributed by atoms with Crippen LogP contribution >= 0.6 is 11.3 Å². The zero-order valence-corrected chi connectivity index (χ0v) is 20.5. The van der Waals surface area contributed by atoms with Gasteiger partial charge in [-0.2, -0.15) is 8.42 Å². The summed E-state index contributed by atoms with van der Waals surface area (Å²) in [4.78, 5) is 17.8. The van der Waals surface area contributed by atoms with Gasteiger partial charge in [-0.05, 0) is 43.3 Å². The lowest BCUT2D eigenvalue weighted by Gasteiger charge is -2.34. The number of benzene rings is 2. The van der Waals surface area contributed by atoms with Crippen LogP contribution in [0, 0.1) is 6.92 Å². The molecule has 2 heterocycles. The van der Waals surface area contributed by atoms with E-state index in [4.69, 9.17) is 0 Å². The summed E-state index contributed by atoms with van der Waals surface area (Å²) >= 11 is 1.27. The van der Waals surface area contributed by atoms with E-state index in [1.54, 1.807) is 28.8 Å². The fourth-order valence-electron chi connectivity index (χ4n) is 3.81. The van der Waals surface area contributed by atoms with Crippen LogP contribution in [0.25, 0.3) is 0 Å². The summed E-state index contributed by atoms with van der Waals surface area (Å²) in [6.45, 7) is 8.73. The van der Waals surface area contributed by atoms with E-state index in [9.17, 15) is 13.2 Å². The molecule has 1 fully saturated rings. The summed E-state index contributed by atoms with van der Waals surface area (Å²) in [6.07, 6.45) is 1.81. The van der Waals surface area contributed by atoms with Crippen molar-refractivity contribution >= 4 is 27.3 Å². The highest BCUT2D eigenvalue weighted by Crippen LogP contribution is 2.14. The normalized spacial score (nSPS) is 15.7. The van der Waals surface area contributed by atoms with Gasteiger partial charge in [-0.3, -0.25) is 4.79 Å². The predicted octanol–water partition coefficient (Wildman–Crippen LogP) is 2.97. The quantitative estimate of drug-likeness (QED) is 0.539. The summed E-state index contributed by atoms with van der Waals surface area (Å²) in [6, 6.07) is 14.2. The van der Waals surface area contributed by atoms with Crippen molar-refractivity contribution in [1.82, 2.24) is 14.4 Å². The number of sulfonamides is 1. The molecule has 1 aliphatic rings. The van der Waals surface area contributed by atoms with Crippen molar-refractivity contribution in [3.63, 3.8) is 0 Å². The van der Waals surface area contributed by atoms with E-state index < -0.39 is 10.0 Å². The Balaban J connectivity index is 1.53. The Morgan fingerprint density at radius 2 is 1.79 bits per heavy atom. The van der Waals surface area contributed by atoms with Crippen LogP contribution in [-0.4, -0.2) is 61.4 Å². The number of likely N-dealkylation sites (N-methyl/N-ethyl adjacent to an activating group) is 1. The maximum atomic E-state index is 13.0. The van der Waals surface area contributed by atoms with Crippen molar-refractivity contribution in [2.75, 3.05) is 32.7 Å². The van der Waals surface area contributed by atoms with E-state index in [2.05, 4.69) is 16.2 Å². The molecule has 0 atom stereocenters. The third-order valence-electron chi connectivity index (χ3n) is 5.81. The van der Waals surface area contributed by atoms with E-state index >= 15 is 0 Å². The standard InChI is InChI=1S/C24H28N4O3S2/c1-3-26-11-13-27(14-12-26)23(29)21-6-4-5-20(17-21)18-28-15-16-32-24(28)25-33(30,31)22-9-7-19(2)8-10-22/h4-10,15-17H,3,11-14,18H2,1-2H3. The number of nitrogens with zero attached hydrogens (tertiary/aromatic N) is 4. The first-order valence-corrected chi connectivity index (χ1v) is 13.3. The fourth-order valence-corrected chi connectivity index (χ4v) is 5.76. The molecule has 0 aliphatic carbocycles. The SMILES string of the molecule is CCN1CCN(C(=O)c2cccc(Cn3ccsc3=NS(=O)(=O)c3ccc(C)cc3)c2)CC1. The Morgan fingerprint density at radius 3 is 2.48 bits per heavy atom. The van der Waals surface area contributed by atoms with Crippen LogP contribution < -0.4 is 4.80 Å². The highest BCUT2D eigenvalue weighted by Gasteiger charge is 2.21. The predicted molar refractivity (Wildman–Crippen MR) is 130 cm³/mol. The first kappa shape index (κ1) is 23.4. The Kier molecular flexibility index (Phi) is 7.11. The minimum absolute atomic E-state index is 0.0368. The van der Waals surface area contributed by atoms with Crippen molar-refractivity contribution < 1.29 is 13.2 Å². The number of rotatable bonds is 6. The molecule has 3 aromatic rings. The van der Waals surface area contributed by atoms with Crippen LogP contribution in [-0.2, 0) is 16.6 Å². The Morgan fingerprint density at radius 1 is 1.06 bits per heavy atom. The van der Waals surface area contributed by atoms with Gasteiger partial charge in [0, 0.05) is 49.9 Å². The summed E-state index contributed by atoms with van der Waals surface area (Å²) < 4.78 is 31.4. The molecule has 9 heteroatoms. The minimum Gasteiger partial charge on any atom is -0.336 e. The van der Waals surface area contributed by atoms with Gasteiger partial charge in [-0.25, -0.2) is 0 Å². The van der Waals surface area contributed by atoms with Gasteiger partial charge in [0.1, 0.15) is 0 Å². The minimum atomic E-state index is -3.81. The molecule has 1 aliphatic heterocycles. The van der Waals surface area contributed by atoms with Crippen molar-refractivity contribution in [2.45, 2.75) is 25.3 Å². The van der Waals surface area contributed by atoms with E-state index in [-0.39, 0.29) is 10.8 Å². The molecular weight excluding hydrogens is 456 g/mol. The lowest BCUT2D eigenvalue weighted by atomic mass is 10.1. The number of carbonyl (C=O) groups is 1. The van der Waals surface area contributed by atoms with Crippen LogP contribution in [0.1, 0.15) is 28.4 Å². The van der Waals surface area contributed by atoms with Crippen LogP contribution in [0.15, 0.2) is 69.4 Å². The number of aromatic nitrogens is 1. The second kappa shape index (κ2) is 10.0. The molecule has 1 saturated heterocycles. The number of carbonyl (C=O) groups excluding carboxylic acids is 1. The monoisotopic (exact) mass is 484 g/mol. The largest absolute Gasteiger partial charge is 0.336 e. The highest BCUT2D eigenvalue weighted by atomic mass is 32.2. The number of hydrogen-bond acceptors (Lipinski definition) is 5. The first-order valence-electron chi connectivity index (χ1n) is 11.0. The van der Waals surface area contributed by atoms with Crippen LogP contribution in [0.2, 0.25) is 0 Å². The Bertz CT molecular complexity index is 1290. The van der Waals surface area contributed by atoms with Crippen molar-refractivity contribution in [1.29, 1.82) is 0 Å². The van der Waals surface area contributed by atoms with Gasteiger partial charge in [0.05, 0.1) is 4.90 Å². The molecule has 174 valence electrons. The number of aryl methyl sites for hydroxylation is 1. The van der Waals surface area contributed by atoms with Gasteiger partial charge in [-0.15, -0.1) is 15.7 Å². The van der Waals surface area contributed by atoms with Crippen LogP contribution in [0.3, 0.4) is 0 Å². The van der Waals surface area contributed by atoms with Gasteiger partial charge in [0.15, 0.2) is 0 Å². The number of hydrogen-bond donors (Lipinski definition) is 0. The topological polar surface area (TPSA) is 75.0 Å². The van der Waals surface area contributed by atoms with Gasteiger partial charge < -0.3 is 14.4 Å². The van der Waals surface area contributed by atoms with E-state index in [1.807, 2.05) is 47.7 Å². The highest BCUT2D eigenvalue weighted by molar-refractivity contribution is 7.90. The van der Waals surface area contributed by atoms with E-state index in [1.165, 1.54) is 11.3 Å². The van der Waals surface area contributed by atoms with Crippen molar-refractivity contribution in [2.24, 2.45) is 4.40 Å². The van der Waals surface area contributed by atoms with Gasteiger partial charge in [0.25, 0.3) is 15.9 Å². The zero-order chi connectivity index (χ0) is 23.4. The lowest BCUT2D eigenvalue weighted by Crippen LogP contribution is -2.48. The second-order valence-corrected chi connectivity index (χ2v) is 10.6. The Hall–Kier alpha value is -2.75. The summed E-state index contributed by atoms with van der Waals surface area (Å²) in [5.74, 6) is 0.0368. The number of piperazine rings is 1. The molecule has 0 N–H and O–H groups in total. The molecule has 0 radical (unpaired) electrons. The summed E-state index contributed by atoms with van der Waals surface area (Å²) in [7, 11) is -3.81. The average molecular weight is 485 g/mol. The third-order valence-corrected chi connectivity index (χ3v) is 8.00. The van der Waals surface area contributed by atoms with Gasteiger partial charge in [-0.1, -0.05) is 36.8 Å². The molecule has 1 aromatic heterocycles. The third kappa shape index (κ3) is 5.61. The fraction of sp³-hybridized carbons (Fsp3) is 0.333. The maximum absolute atomic E-state index is 13.0. The number of amides is 1. The van der Waals surface area contributed by atoms with Gasteiger partial charge in [0.2, 0.25) is 4.80 Å². The molecule has 0 unspecified atom stereocenters. The molecule has 7 nitrogen and oxygen atoms in total. The van der Waals surface area contributed by atoms with Gasteiger partial charge >= 0.3 is 0 Å². The molecule has 4 rings (SSSR count). The van der Waals surface area contributed by atoms with E-state index in [0.29, 0.717) is 16.9 Å². The van der Waals surface area contributed by atoms with Crippen LogP contribution in [0.4, 0.5) is 0 Å². The van der Waals surface area contributed by atoms with Crippen molar-refractivity contribution in [3.8, 4) is 0 Å². The number of thiazole rings is 1. The molecular formula is C24H28N4O3S2. The molecule has 0 spiro atoms. The molecule has 0 saturated carbocycles. The second-order valence-electron chi connectivity index (χ2n) is 8.12. The first-order chi connectivity index (χ1) is 15.9. The maximum Gasteiger partial charge on any atom is 0.285 e. The van der Waals surface area contributed by atoms with E-state index in [0.717, 1.165) is 43.9 Å². The molecule has 1 amide bonds. The summed E-state index contributed by atoms with van der Waals surface area (Å²) in [5.41, 5.74) is 2.56. The smallest absolute Gasteiger partial charge is 0.285 e. The van der Waals surface area contributed by atoms with Crippen LogP contribution in [0.5, 0.6) is 0 Å². The zero-order valence-electron chi connectivity index (χ0n) is 18.8.